The number of rotatable bonds is 7. The molecule has 0 aliphatic carbocycles. The fourth-order valence-electron chi connectivity index (χ4n) is 2.32. The summed E-state index contributed by atoms with van der Waals surface area (Å²) in [6.45, 7) is 6.36. The van der Waals surface area contributed by atoms with E-state index in [9.17, 15) is 8.42 Å². The summed E-state index contributed by atoms with van der Waals surface area (Å²) in [6, 6.07) is 8.32. The van der Waals surface area contributed by atoms with Gasteiger partial charge in [0.15, 0.2) is 0 Å². The standard InChI is InChI=1S/C15H27N3O2S/c1-12(13-9-7-8-10-14(13)18(4)5)16-11-15(2,3)17-21(6,19)20/h7-10,12,16-17H,11H2,1-6H3. The maximum absolute atomic E-state index is 11.4. The van der Waals surface area contributed by atoms with E-state index in [2.05, 4.69) is 34.0 Å². The van der Waals surface area contributed by atoms with Gasteiger partial charge >= 0.3 is 0 Å². The summed E-state index contributed by atoms with van der Waals surface area (Å²) in [4.78, 5) is 2.08. The van der Waals surface area contributed by atoms with Gasteiger partial charge in [-0.05, 0) is 32.4 Å². The van der Waals surface area contributed by atoms with E-state index in [1.165, 1.54) is 11.8 Å². The molecule has 6 heteroatoms. The number of nitrogens with one attached hydrogen (secondary N) is 2. The first-order chi connectivity index (χ1) is 9.52. The van der Waals surface area contributed by atoms with Gasteiger partial charge in [0.1, 0.15) is 0 Å². The van der Waals surface area contributed by atoms with E-state index in [1.807, 2.05) is 40.1 Å². The van der Waals surface area contributed by atoms with Crippen molar-refractivity contribution >= 4 is 15.7 Å². The van der Waals surface area contributed by atoms with E-state index < -0.39 is 15.6 Å². The molecule has 1 atom stereocenters. The van der Waals surface area contributed by atoms with Crippen LogP contribution in [0.25, 0.3) is 0 Å². The maximum atomic E-state index is 11.4. The SMILES string of the molecule is CC(NCC(C)(C)NS(C)(=O)=O)c1ccccc1N(C)C. The smallest absolute Gasteiger partial charge is 0.209 e. The number of sulfonamides is 1. The molecule has 120 valence electrons. The van der Waals surface area contributed by atoms with E-state index in [0.29, 0.717) is 6.54 Å². The van der Waals surface area contributed by atoms with Gasteiger partial charge in [0.2, 0.25) is 10.0 Å². The van der Waals surface area contributed by atoms with Crippen LogP contribution in [-0.4, -0.2) is 40.9 Å². The summed E-state index contributed by atoms with van der Waals surface area (Å²) in [6.07, 6.45) is 1.18. The lowest BCUT2D eigenvalue weighted by Crippen LogP contribution is -2.50. The van der Waals surface area contributed by atoms with E-state index in [-0.39, 0.29) is 6.04 Å². The Morgan fingerprint density at radius 1 is 1.24 bits per heavy atom. The predicted octanol–water partition coefficient (Wildman–Crippen LogP) is 1.73. The summed E-state index contributed by atoms with van der Waals surface area (Å²) < 4.78 is 25.4. The zero-order valence-electron chi connectivity index (χ0n) is 13.8. The van der Waals surface area contributed by atoms with E-state index in [0.717, 1.165) is 5.69 Å². The Bertz CT molecular complexity index is 568. The molecule has 0 spiro atoms. The van der Waals surface area contributed by atoms with Crippen LogP contribution in [0.4, 0.5) is 5.69 Å². The minimum Gasteiger partial charge on any atom is -0.377 e. The van der Waals surface area contributed by atoms with Crippen LogP contribution in [0.2, 0.25) is 0 Å². The van der Waals surface area contributed by atoms with Crippen molar-refractivity contribution in [2.75, 3.05) is 31.8 Å². The molecule has 0 heterocycles. The molecule has 0 bridgehead atoms. The third-order valence-electron chi connectivity index (χ3n) is 3.20. The molecule has 0 saturated heterocycles. The molecule has 0 fully saturated rings. The number of anilines is 1. The highest BCUT2D eigenvalue weighted by molar-refractivity contribution is 7.88. The highest BCUT2D eigenvalue weighted by Gasteiger charge is 2.23. The van der Waals surface area contributed by atoms with Gasteiger partial charge in [0.05, 0.1) is 6.26 Å². The van der Waals surface area contributed by atoms with E-state index in [4.69, 9.17) is 0 Å². The summed E-state index contributed by atoms with van der Waals surface area (Å²) in [5, 5.41) is 3.40. The van der Waals surface area contributed by atoms with Crippen molar-refractivity contribution < 1.29 is 8.42 Å². The number of benzene rings is 1. The lowest BCUT2D eigenvalue weighted by molar-refractivity contribution is 0.399. The molecule has 0 aromatic heterocycles. The maximum Gasteiger partial charge on any atom is 0.209 e. The van der Waals surface area contributed by atoms with Gasteiger partial charge < -0.3 is 10.2 Å². The highest BCUT2D eigenvalue weighted by atomic mass is 32.2. The van der Waals surface area contributed by atoms with Crippen molar-refractivity contribution in [3.05, 3.63) is 29.8 Å². The first-order valence-electron chi connectivity index (χ1n) is 7.00. The van der Waals surface area contributed by atoms with Gasteiger partial charge in [0.25, 0.3) is 0 Å². The average molecular weight is 313 g/mol. The second-order valence-corrected chi connectivity index (χ2v) is 8.06. The van der Waals surface area contributed by atoms with Crippen LogP contribution in [0.5, 0.6) is 0 Å². The van der Waals surface area contributed by atoms with Crippen LogP contribution in [0.3, 0.4) is 0 Å². The summed E-state index contributed by atoms with van der Waals surface area (Å²) >= 11 is 0. The quantitative estimate of drug-likeness (QED) is 0.805. The summed E-state index contributed by atoms with van der Waals surface area (Å²) in [5.74, 6) is 0. The fraction of sp³-hybridized carbons (Fsp3) is 0.600. The molecular formula is C15H27N3O2S. The van der Waals surface area contributed by atoms with Gasteiger partial charge in [0, 0.05) is 37.9 Å². The minimum absolute atomic E-state index is 0.129. The molecule has 1 rings (SSSR count). The molecule has 21 heavy (non-hydrogen) atoms. The van der Waals surface area contributed by atoms with Gasteiger partial charge in [-0.15, -0.1) is 0 Å². The Morgan fingerprint density at radius 2 is 1.81 bits per heavy atom. The third kappa shape index (κ3) is 6.03. The van der Waals surface area contributed by atoms with Crippen LogP contribution in [0.1, 0.15) is 32.4 Å². The number of nitrogens with zero attached hydrogens (tertiary/aromatic N) is 1. The lowest BCUT2D eigenvalue weighted by Gasteiger charge is -2.29. The normalized spacial score (nSPS) is 14.0. The van der Waals surface area contributed by atoms with Crippen molar-refractivity contribution in [3.8, 4) is 0 Å². The Hall–Kier alpha value is -1.11. The van der Waals surface area contributed by atoms with Crippen LogP contribution >= 0.6 is 0 Å². The molecule has 1 aromatic rings. The molecule has 0 radical (unpaired) electrons. The molecule has 1 unspecified atom stereocenters. The van der Waals surface area contributed by atoms with Crippen molar-refractivity contribution in [1.82, 2.24) is 10.0 Å². The first-order valence-corrected chi connectivity index (χ1v) is 8.89. The minimum atomic E-state index is -3.21. The van der Waals surface area contributed by atoms with Gasteiger partial charge in [-0.25, -0.2) is 13.1 Å². The molecule has 1 aromatic carbocycles. The predicted molar refractivity (Wildman–Crippen MR) is 89.2 cm³/mol. The fourth-order valence-corrected chi connectivity index (χ4v) is 3.39. The van der Waals surface area contributed by atoms with Crippen LogP contribution in [-0.2, 0) is 10.0 Å². The summed E-state index contributed by atoms with van der Waals surface area (Å²) in [7, 11) is 0.815. The zero-order valence-corrected chi connectivity index (χ0v) is 14.6. The Balaban J connectivity index is 2.76. The van der Waals surface area contributed by atoms with Gasteiger partial charge in [-0.3, -0.25) is 0 Å². The third-order valence-corrected chi connectivity index (χ3v) is 4.12. The second kappa shape index (κ2) is 6.77. The van der Waals surface area contributed by atoms with Crippen molar-refractivity contribution in [2.45, 2.75) is 32.4 Å². The van der Waals surface area contributed by atoms with Crippen LogP contribution in [0.15, 0.2) is 24.3 Å². The molecule has 2 N–H and O–H groups in total. The van der Waals surface area contributed by atoms with E-state index in [1.54, 1.807) is 0 Å². The zero-order chi connectivity index (χ0) is 16.3. The molecule has 0 aliphatic rings. The second-order valence-electron chi connectivity index (χ2n) is 6.31. The van der Waals surface area contributed by atoms with Crippen LogP contribution < -0.4 is 14.9 Å². The first kappa shape index (κ1) is 17.9. The largest absolute Gasteiger partial charge is 0.377 e. The molecule has 5 nitrogen and oxygen atoms in total. The average Bonchev–Trinajstić information content (AvgIpc) is 2.33. The van der Waals surface area contributed by atoms with Crippen molar-refractivity contribution in [1.29, 1.82) is 0 Å². The van der Waals surface area contributed by atoms with Crippen molar-refractivity contribution in [3.63, 3.8) is 0 Å². The van der Waals surface area contributed by atoms with E-state index >= 15 is 0 Å². The molecule has 0 saturated carbocycles. The van der Waals surface area contributed by atoms with Crippen LogP contribution in [0, 0.1) is 0 Å². The molecule has 0 amide bonds. The highest BCUT2D eigenvalue weighted by Crippen LogP contribution is 2.24. The van der Waals surface area contributed by atoms with Crippen molar-refractivity contribution in [2.24, 2.45) is 0 Å². The lowest BCUT2D eigenvalue weighted by atomic mass is 10.0. The topological polar surface area (TPSA) is 61.4 Å². The monoisotopic (exact) mass is 313 g/mol. The number of hydrogen-bond donors (Lipinski definition) is 2. The number of para-hydroxylation sites is 1. The van der Waals surface area contributed by atoms with Gasteiger partial charge in [-0.1, -0.05) is 18.2 Å². The molecule has 0 aliphatic heterocycles. The Morgan fingerprint density at radius 3 is 2.33 bits per heavy atom. The Labute approximate surface area is 128 Å². The molecular weight excluding hydrogens is 286 g/mol. The Kier molecular flexibility index (Phi) is 5.78. The van der Waals surface area contributed by atoms with Gasteiger partial charge in [-0.2, -0.15) is 0 Å². The number of hydrogen-bond acceptors (Lipinski definition) is 4. The summed E-state index contributed by atoms with van der Waals surface area (Å²) in [5.41, 5.74) is 1.82.